The van der Waals surface area contributed by atoms with Crippen molar-refractivity contribution in [2.45, 2.75) is 25.4 Å². The molecule has 0 atom stereocenters. The Hall–Kier alpha value is -2.90. The molecule has 0 radical (unpaired) electrons. The molecule has 2 aromatic heterocycles. The molecule has 1 fully saturated rings. The minimum atomic E-state index is -1.26. The monoisotopic (exact) mass is 445 g/mol. The molecule has 0 bridgehead atoms. The van der Waals surface area contributed by atoms with Crippen molar-refractivity contribution in [3.63, 3.8) is 0 Å². The van der Waals surface area contributed by atoms with Crippen molar-refractivity contribution < 1.29 is 19.4 Å². The molecule has 0 amide bonds. The minimum absolute atomic E-state index is 0.187. The first-order chi connectivity index (χ1) is 14.3. The number of carboxylic acids is 1. The van der Waals surface area contributed by atoms with Crippen molar-refractivity contribution in [1.82, 2.24) is 15.0 Å². The average molecular weight is 446 g/mol. The molecule has 0 unspecified atom stereocenters. The van der Waals surface area contributed by atoms with Crippen LogP contribution in [0.15, 0.2) is 36.5 Å². The lowest BCUT2D eigenvalue weighted by atomic mass is 10.1. The van der Waals surface area contributed by atoms with Crippen LogP contribution in [0.1, 0.15) is 18.4 Å². The third kappa shape index (κ3) is 3.78. The first-order valence-corrected chi connectivity index (χ1v) is 9.85. The lowest BCUT2D eigenvalue weighted by Gasteiger charge is -2.18. The number of ether oxygens (including phenoxy) is 2. The Morgan fingerprint density at radius 2 is 1.80 bits per heavy atom. The van der Waals surface area contributed by atoms with Crippen molar-refractivity contribution >= 4 is 29.2 Å². The Morgan fingerprint density at radius 3 is 2.40 bits per heavy atom. The van der Waals surface area contributed by atoms with E-state index in [1.54, 1.807) is 37.3 Å². The molecule has 2 heterocycles. The number of rotatable bonds is 6. The van der Waals surface area contributed by atoms with E-state index in [1.807, 2.05) is 0 Å². The maximum Gasteiger partial charge on any atom is 0.348 e. The molecule has 1 saturated carbocycles. The van der Waals surface area contributed by atoms with Crippen molar-refractivity contribution in [2.75, 3.05) is 7.11 Å². The van der Waals surface area contributed by atoms with Gasteiger partial charge in [0, 0.05) is 35.2 Å². The van der Waals surface area contributed by atoms with Crippen LogP contribution >= 0.6 is 23.2 Å². The van der Waals surface area contributed by atoms with Gasteiger partial charge >= 0.3 is 5.97 Å². The number of hydrogen-bond acceptors (Lipinski definition) is 6. The number of aromatic nitrogens is 3. The highest BCUT2D eigenvalue weighted by Gasteiger charge is 2.54. The quantitative estimate of drug-likeness (QED) is 0.580. The molecular formula is C21H17Cl2N3O4. The summed E-state index contributed by atoms with van der Waals surface area (Å²) in [5.41, 5.74) is 1.02. The summed E-state index contributed by atoms with van der Waals surface area (Å²) in [7, 11) is 1.50. The van der Waals surface area contributed by atoms with Crippen LogP contribution in [-0.4, -0.2) is 38.7 Å². The Bertz CT molecular complexity index is 1130. The number of methoxy groups -OCH3 is 1. The summed E-state index contributed by atoms with van der Waals surface area (Å²) < 4.78 is 11.3. The molecule has 3 aromatic rings. The molecule has 1 aliphatic rings. The molecule has 4 rings (SSSR count). The number of nitrogens with zero attached hydrogens (tertiary/aromatic N) is 3. The van der Waals surface area contributed by atoms with Gasteiger partial charge in [-0.15, -0.1) is 0 Å². The molecule has 1 N–H and O–H groups in total. The molecule has 30 heavy (non-hydrogen) atoms. The van der Waals surface area contributed by atoms with Crippen LogP contribution in [0.25, 0.3) is 22.6 Å². The van der Waals surface area contributed by atoms with Gasteiger partial charge in [0.1, 0.15) is 0 Å². The van der Waals surface area contributed by atoms with Gasteiger partial charge in [-0.1, -0.05) is 23.2 Å². The Labute approximate surface area is 182 Å². The Kier molecular flexibility index (Phi) is 5.26. The van der Waals surface area contributed by atoms with Gasteiger partial charge in [0.05, 0.1) is 23.4 Å². The number of carboxylic acid groups (broad SMARTS) is 1. The van der Waals surface area contributed by atoms with Crippen LogP contribution < -0.4 is 9.47 Å². The number of carbonyl (C=O) groups is 1. The number of halogens is 2. The number of hydrogen-bond donors (Lipinski definition) is 1. The van der Waals surface area contributed by atoms with Crippen LogP contribution in [-0.2, 0) is 4.79 Å². The molecule has 7 nitrogen and oxygen atoms in total. The van der Waals surface area contributed by atoms with Gasteiger partial charge in [0.15, 0.2) is 5.82 Å². The van der Waals surface area contributed by atoms with Crippen molar-refractivity contribution in [3.8, 4) is 34.4 Å². The average Bonchev–Trinajstić information content (AvgIpc) is 3.51. The summed E-state index contributed by atoms with van der Waals surface area (Å²) >= 11 is 12.2. The first kappa shape index (κ1) is 20.4. The van der Waals surface area contributed by atoms with E-state index in [1.165, 1.54) is 13.3 Å². The van der Waals surface area contributed by atoms with Gasteiger partial charge in [0.2, 0.25) is 17.4 Å². The Balaban J connectivity index is 1.92. The number of aliphatic carboxylic acids is 1. The third-order valence-electron chi connectivity index (χ3n) is 4.86. The maximum atomic E-state index is 11.7. The van der Waals surface area contributed by atoms with Gasteiger partial charge in [-0.3, -0.25) is 0 Å². The SMILES string of the molecule is COc1ncc(Cl)cc1-c1nc(-c2ccc(Cl)cc2)nc(OC2(C(=O)O)CC2)c1C. The predicted molar refractivity (Wildman–Crippen MR) is 112 cm³/mol. The number of pyridine rings is 1. The predicted octanol–water partition coefficient (Wildman–Crippen LogP) is 4.83. The van der Waals surface area contributed by atoms with E-state index in [2.05, 4.69) is 15.0 Å². The molecule has 1 aliphatic carbocycles. The third-order valence-corrected chi connectivity index (χ3v) is 5.31. The topological polar surface area (TPSA) is 94.4 Å². The van der Waals surface area contributed by atoms with Crippen LogP contribution in [0.2, 0.25) is 10.0 Å². The fourth-order valence-electron chi connectivity index (χ4n) is 3.00. The molecular weight excluding hydrogens is 429 g/mol. The lowest BCUT2D eigenvalue weighted by molar-refractivity contribution is -0.147. The van der Waals surface area contributed by atoms with E-state index in [4.69, 9.17) is 32.7 Å². The standard InChI is InChI=1S/C21H17Cl2N3O4/c1-11-16(15-9-14(23)10-24-19(15)29-2)25-17(12-3-5-13(22)6-4-12)26-18(11)30-21(7-8-21)20(27)28/h3-6,9-10H,7-8H2,1-2H3,(H,27,28). The van der Waals surface area contributed by atoms with E-state index < -0.39 is 11.6 Å². The van der Waals surface area contributed by atoms with E-state index in [-0.39, 0.29) is 5.88 Å². The highest BCUT2D eigenvalue weighted by atomic mass is 35.5. The van der Waals surface area contributed by atoms with E-state index in [0.717, 1.165) is 0 Å². The summed E-state index contributed by atoms with van der Waals surface area (Å²) in [5, 5.41) is 10.5. The fourth-order valence-corrected chi connectivity index (χ4v) is 3.29. The van der Waals surface area contributed by atoms with Crippen molar-refractivity contribution in [3.05, 3.63) is 52.1 Å². The second kappa shape index (κ2) is 7.74. The van der Waals surface area contributed by atoms with Gasteiger partial charge in [-0.2, -0.15) is 4.98 Å². The van der Waals surface area contributed by atoms with E-state index in [9.17, 15) is 9.90 Å². The molecule has 0 aliphatic heterocycles. The van der Waals surface area contributed by atoms with Crippen molar-refractivity contribution in [1.29, 1.82) is 0 Å². The summed E-state index contributed by atoms with van der Waals surface area (Å²) in [6, 6.07) is 8.68. The van der Waals surface area contributed by atoms with Gasteiger partial charge in [0.25, 0.3) is 0 Å². The van der Waals surface area contributed by atoms with Crippen LogP contribution in [0.5, 0.6) is 11.8 Å². The summed E-state index contributed by atoms with van der Waals surface area (Å²) in [4.78, 5) is 25.1. The van der Waals surface area contributed by atoms with E-state index >= 15 is 0 Å². The highest BCUT2D eigenvalue weighted by molar-refractivity contribution is 6.31. The zero-order valence-corrected chi connectivity index (χ0v) is 17.7. The lowest BCUT2D eigenvalue weighted by Crippen LogP contribution is -2.30. The van der Waals surface area contributed by atoms with Crippen molar-refractivity contribution in [2.24, 2.45) is 0 Å². The molecule has 9 heteroatoms. The van der Waals surface area contributed by atoms with Gasteiger partial charge < -0.3 is 14.6 Å². The van der Waals surface area contributed by atoms with Crippen LogP contribution in [0.4, 0.5) is 0 Å². The summed E-state index contributed by atoms with van der Waals surface area (Å²) in [6.45, 7) is 1.76. The maximum absolute atomic E-state index is 11.7. The first-order valence-electron chi connectivity index (χ1n) is 9.10. The normalized spacial score (nSPS) is 14.3. The van der Waals surface area contributed by atoms with Gasteiger partial charge in [-0.25, -0.2) is 14.8 Å². The molecule has 0 saturated heterocycles. The summed E-state index contributed by atoms with van der Waals surface area (Å²) in [5.74, 6) is -0.150. The number of benzene rings is 1. The van der Waals surface area contributed by atoms with Gasteiger partial charge in [-0.05, 0) is 37.3 Å². The van der Waals surface area contributed by atoms with Crippen LogP contribution in [0, 0.1) is 6.92 Å². The minimum Gasteiger partial charge on any atom is -0.481 e. The molecule has 0 spiro atoms. The second-order valence-electron chi connectivity index (χ2n) is 6.94. The Morgan fingerprint density at radius 1 is 1.10 bits per heavy atom. The molecule has 154 valence electrons. The highest BCUT2D eigenvalue weighted by Crippen LogP contribution is 2.43. The second-order valence-corrected chi connectivity index (χ2v) is 7.82. The molecule has 1 aromatic carbocycles. The van der Waals surface area contributed by atoms with E-state index in [0.29, 0.717) is 57.0 Å². The largest absolute Gasteiger partial charge is 0.481 e. The zero-order valence-electron chi connectivity index (χ0n) is 16.1. The zero-order chi connectivity index (χ0) is 21.5. The van der Waals surface area contributed by atoms with Crippen LogP contribution in [0.3, 0.4) is 0 Å². The smallest absolute Gasteiger partial charge is 0.348 e. The summed E-state index contributed by atoms with van der Waals surface area (Å²) in [6.07, 6.45) is 2.31. The fraction of sp³-hybridized carbons (Fsp3) is 0.238.